The second kappa shape index (κ2) is 7.58. The van der Waals surface area contributed by atoms with Gasteiger partial charge >= 0.3 is 0 Å². The molecule has 6 nitrogen and oxygen atoms in total. The van der Waals surface area contributed by atoms with Crippen molar-refractivity contribution in [2.75, 3.05) is 13.1 Å². The predicted molar refractivity (Wildman–Crippen MR) is 96.1 cm³/mol. The largest absolute Gasteiger partial charge is 0.339 e. The van der Waals surface area contributed by atoms with Crippen molar-refractivity contribution in [2.24, 2.45) is 0 Å². The first kappa shape index (κ1) is 18.0. The van der Waals surface area contributed by atoms with Gasteiger partial charge in [0.05, 0.1) is 18.3 Å². The molecule has 2 fully saturated rings. The minimum atomic E-state index is 0.0775. The fraction of sp³-hybridized carbons (Fsp3) is 0.737. The highest BCUT2D eigenvalue weighted by Gasteiger charge is 2.33. The molecular formula is C19H30N4O2. The Morgan fingerprint density at radius 2 is 1.80 bits per heavy atom. The lowest BCUT2D eigenvalue weighted by Gasteiger charge is -2.36. The molecule has 0 N–H and O–H groups in total. The lowest BCUT2D eigenvalue weighted by Crippen LogP contribution is -2.47. The molecule has 0 aliphatic carbocycles. The van der Waals surface area contributed by atoms with E-state index in [1.807, 2.05) is 21.4 Å². The van der Waals surface area contributed by atoms with Crippen LogP contribution in [0, 0.1) is 13.8 Å². The summed E-state index contributed by atoms with van der Waals surface area (Å²) < 4.78 is 2.02. The molecule has 138 valence electrons. The standard InChI is InChI=1S/C19H30N4O2/c1-14-11-15(2)23(20-14)13-18-8-6-10-22(18)19(25)12-17-7-4-5-9-21(17)16(3)24/h11,17-18H,4-10,12-13H2,1-3H3/t17-,18-/m1/s1. The summed E-state index contributed by atoms with van der Waals surface area (Å²) in [4.78, 5) is 28.7. The molecule has 0 saturated carbocycles. The molecule has 6 heteroatoms. The zero-order chi connectivity index (χ0) is 18.0. The van der Waals surface area contributed by atoms with Gasteiger partial charge in [0.2, 0.25) is 11.8 Å². The summed E-state index contributed by atoms with van der Waals surface area (Å²) in [6, 6.07) is 2.38. The van der Waals surface area contributed by atoms with Gasteiger partial charge in [0.25, 0.3) is 0 Å². The Hall–Kier alpha value is -1.85. The van der Waals surface area contributed by atoms with Crippen molar-refractivity contribution in [1.82, 2.24) is 19.6 Å². The Labute approximate surface area is 150 Å². The third kappa shape index (κ3) is 4.05. The van der Waals surface area contributed by atoms with Crippen LogP contribution in [0.25, 0.3) is 0 Å². The number of carbonyl (C=O) groups excluding carboxylic acids is 2. The van der Waals surface area contributed by atoms with E-state index in [0.717, 1.165) is 63.1 Å². The first-order valence-electron chi connectivity index (χ1n) is 9.53. The third-order valence-electron chi connectivity index (χ3n) is 5.63. The summed E-state index contributed by atoms with van der Waals surface area (Å²) in [5, 5.41) is 4.54. The monoisotopic (exact) mass is 346 g/mol. The van der Waals surface area contributed by atoms with Crippen LogP contribution in [0.5, 0.6) is 0 Å². The number of amides is 2. The van der Waals surface area contributed by atoms with E-state index in [2.05, 4.69) is 18.1 Å². The number of rotatable bonds is 4. The predicted octanol–water partition coefficient (Wildman–Crippen LogP) is 2.28. The van der Waals surface area contributed by atoms with Crippen molar-refractivity contribution in [1.29, 1.82) is 0 Å². The Morgan fingerprint density at radius 3 is 2.48 bits per heavy atom. The number of aromatic nitrogens is 2. The Morgan fingerprint density at radius 1 is 1.08 bits per heavy atom. The molecule has 2 amide bonds. The average molecular weight is 346 g/mol. The van der Waals surface area contributed by atoms with Crippen LogP contribution in [-0.2, 0) is 16.1 Å². The summed E-state index contributed by atoms with van der Waals surface area (Å²) in [5.74, 6) is 0.292. The second-order valence-electron chi connectivity index (χ2n) is 7.56. The molecule has 2 atom stereocenters. The zero-order valence-electron chi connectivity index (χ0n) is 15.7. The molecule has 1 aromatic rings. The number of hydrogen-bond acceptors (Lipinski definition) is 3. The van der Waals surface area contributed by atoms with Crippen LogP contribution in [0.2, 0.25) is 0 Å². The van der Waals surface area contributed by atoms with Crippen molar-refractivity contribution < 1.29 is 9.59 Å². The smallest absolute Gasteiger partial charge is 0.224 e. The van der Waals surface area contributed by atoms with Gasteiger partial charge in [0, 0.05) is 38.2 Å². The topological polar surface area (TPSA) is 58.4 Å². The van der Waals surface area contributed by atoms with Gasteiger partial charge in [0.1, 0.15) is 0 Å². The summed E-state index contributed by atoms with van der Waals surface area (Å²) in [7, 11) is 0. The van der Waals surface area contributed by atoms with Crippen LogP contribution in [-0.4, -0.2) is 56.6 Å². The van der Waals surface area contributed by atoms with Crippen LogP contribution in [0.1, 0.15) is 56.8 Å². The average Bonchev–Trinajstić information content (AvgIpc) is 3.14. The second-order valence-corrected chi connectivity index (χ2v) is 7.56. The molecule has 0 radical (unpaired) electrons. The summed E-state index contributed by atoms with van der Waals surface area (Å²) in [5.41, 5.74) is 2.17. The van der Waals surface area contributed by atoms with Gasteiger partial charge < -0.3 is 9.80 Å². The minimum Gasteiger partial charge on any atom is -0.339 e. The Bertz CT molecular complexity index is 639. The van der Waals surface area contributed by atoms with Gasteiger partial charge in [-0.25, -0.2) is 0 Å². The summed E-state index contributed by atoms with van der Waals surface area (Å²) in [6.45, 7) is 8.07. The van der Waals surface area contributed by atoms with Crippen molar-refractivity contribution in [3.05, 3.63) is 17.5 Å². The zero-order valence-corrected chi connectivity index (χ0v) is 15.7. The van der Waals surface area contributed by atoms with Gasteiger partial charge in [-0.2, -0.15) is 5.10 Å². The van der Waals surface area contributed by atoms with E-state index < -0.39 is 0 Å². The molecular weight excluding hydrogens is 316 g/mol. The SMILES string of the molecule is CC(=O)N1CCCC[C@@H]1CC(=O)N1CCC[C@@H]1Cn1nc(C)cc1C. The van der Waals surface area contributed by atoms with Crippen molar-refractivity contribution >= 4 is 11.8 Å². The van der Waals surface area contributed by atoms with Crippen molar-refractivity contribution in [3.63, 3.8) is 0 Å². The lowest BCUT2D eigenvalue weighted by molar-refractivity contribution is -0.137. The summed E-state index contributed by atoms with van der Waals surface area (Å²) >= 11 is 0. The van der Waals surface area contributed by atoms with Crippen LogP contribution in [0.3, 0.4) is 0 Å². The van der Waals surface area contributed by atoms with Gasteiger partial charge in [-0.3, -0.25) is 14.3 Å². The maximum absolute atomic E-state index is 12.9. The highest BCUT2D eigenvalue weighted by Crippen LogP contribution is 2.25. The van der Waals surface area contributed by atoms with Crippen LogP contribution in [0.15, 0.2) is 6.07 Å². The molecule has 2 aliphatic rings. The number of likely N-dealkylation sites (tertiary alicyclic amines) is 2. The molecule has 3 rings (SSSR count). The molecule has 0 bridgehead atoms. The van der Waals surface area contributed by atoms with E-state index in [4.69, 9.17) is 0 Å². The number of aryl methyl sites for hydroxylation is 2. The van der Waals surface area contributed by atoms with Gasteiger partial charge in [-0.05, 0) is 52.0 Å². The Kier molecular flexibility index (Phi) is 5.45. The Balaban J connectivity index is 1.64. The fourth-order valence-corrected chi connectivity index (χ4v) is 4.36. The first-order valence-corrected chi connectivity index (χ1v) is 9.53. The van der Waals surface area contributed by atoms with Gasteiger partial charge in [-0.1, -0.05) is 0 Å². The van der Waals surface area contributed by atoms with Crippen molar-refractivity contribution in [2.45, 2.75) is 77.9 Å². The number of hydrogen-bond donors (Lipinski definition) is 0. The van der Waals surface area contributed by atoms with Crippen molar-refractivity contribution in [3.8, 4) is 0 Å². The number of nitrogens with zero attached hydrogens (tertiary/aromatic N) is 4. The molecule has 1 aromatic heterocycles. The van der Waals surface area contributed by atoms with Crippen LogP contribution >= 0.6 is 0 Å². The van der Waals surface area contributed by atoms with E-state index in [9.17, 15) is 9.59 Å². The molecule has 3 heterocycles. The van der Waals surface area contributed by atoms with E-state index in [0.29, 0.717) is 6.42 Å². The minimum absolute atomic E-state index is 0.0775. The molecule has 25 heavy (non-hydrogen) atoms. The summed E-state index contributed by atoms with van der Waals surface area (Å²) in [6.07, 6.45) is 5.65. The van der Waals surface area contributed by atoms with E-state index >= 15 is 0 Å². The van der Waals surface area contributed by atoms with Gasteiger partial charge in [0.15, 0.2) is 0 Å². The highest BCUT2D eigenvalue weighted by molar-refractivity contribution is 5.79. The van der Waals surface area contributed by atoms with Gasteiger partial charge in [-0.15, -0.1) is 0 Å². The molecule has 0 aromatic carbocycles. The third-order valence-corrected chi connectivity index (χ3v) is 5.63. The van der Waals surface area contributed by atoms with E-state index in [-0.39, 0.29) is 23.9 Å². The lowest BCUT2D eigenvalue weighted by atomic mass is 9.98. The van der Waals surface area contributed by atoms with Crippen LogP contribution < -0.4 is 0 Å². The fourth-order valence-electron chi connectivity index (χ4n) is 4.36. The quantitative estimate of drug-likeness (QED) is 0.840. The maximum atomic E-state index is 12.9. The molecule has 0 spiro atoms. The normalized spacial score (nSPS) is 24.0. The van der Waals surface area contributed by atoms with E-state index in [1.54, 1.807) is 6.92 Å². The first-order chi connectivity index (χ1) is 12.0. The molecule has 2 saturated heterocycles. The maximum Gasteiger partial charge on any atom is 0.224 e. The highest BCUT2D eigenvalue weighted by atomic mass is 16.2. The number of carbonyl (C=O) groups is 2. The molecule has 2 aliphatic heterocycles. The molecule has 0 unspecified atom stereocenters. The number of piperidine rings is 1. The van der Waals surface area contributed by atoms with E-state index in [1.165, 1.54) is 0 Å². The van der Waals surface area contributed by atoms with Crippen LogP contribution in [0.4, 0.5) is 0 Å².